The number of anilines is 1. The van der Waals surface area contributed by atoms with Gasteiger partial charge in [0.25, 0.3) is 0 Å². The van der Waals surface area contributed by atoms with Crippen LogP contribution in [0.15, 0.2) is 54.6 Å². The van der Waals surface area contributed by atoms with E-state index in [-0.39, 0.29) is 18.1 Å². The Kier molecular flexibility index (Phi) is 4.88. The van der Waals surface area contributed by atoms with E-state index < -0.39 is 0 Å². The number of nitrogens with zero attached hydrogens (tertiary/aromatic N) is 1. The fourth-order valence-corrected chi connectivity index (χ4v) is 2.17. The molecule has 0 spiro atoms. The summed E-state index contributed by atoms with van der Waals surface area (Å²) in [6.07, 6.45) is 0.381. The summed E-state index contributed by atoms with van der Waals surface area (Å²) in [5.41, 5.74) is 1.47. The predicted octanol–water partition coefficient (Wildman–Crippen LogP) is 3.46. The number of Topliss-reactive ketones (excluding diaryl/α,β-unsaturated/α-hetero) is 1. The molecule has 0 aromatic heterocycles. The summed E-state index contributed by atoms with van der Waals surface area (Å²) in [5, 5.41) is 0. The molecule has 0 bridgehead atoms. The maximum Gasteiger partial charge on any atom is 0.156 e. The van der Waals surface area contributed by atoms with Crippen molar-refractivity contribution in [3.63, 3.8) is 0 Å². The number of ketones is 1. The lowest BCUT2D eigenvalue weighted by atomic mass is 10.1. The van der Waals surface area contributed by atoms with Crippen LogP contribution >= 0.6 is 0 Å². The summed E-state index contributed by atoms with van der Waals surface area (Å²) < 4.78 is 13.8. The lowest BCUT2D eigenvalue weighted by molar-refractivity contribution is -0.117. The Morgan fingerprint density at radius 2 is 1.70 bits per heavy atom. The van der Waals surface area contributed by atoms with E-state index in [2.05, 4.69) is 0 Å². The van der Waals surface area contributed by atoms with E-state index in [9.17, 15) is 9.18 Å². The zero-order chi connectivity index (χ0) is 14.4. The zero-order valence-corrected chi connectivity index (χ0v) is 11.6. The summed E-state index contributed by atoms with van der Waals surface area (Å²) in [5.74, 6) is -0.205. The van der Waals surface area contributed by atoms with E-state index in [1.165, 1.54) is 6.07 Å². The minimum Gasteiger partial charge on any atom is -0.362 e. The molecule has 2 nitrogen and oxygen atoms in total. The molecule has 104 valence electrons. The molecule has 0 aliphatic carbocycles. The second kappa shape index (κ2) is 6.85. The molecular weight excluding hydrogens is 253 g/mol. The normalized spacial score (nSPS) is 10.3. The lowest BCUT2D eigenvalue weighted by Gasteiger charge is -2.22. The van der Waals surface area contributed by atoms with Crippen LogP contribution in [-0.4, -0.2) is 18.9 Å². The minimum absolute atomic E-state index is 0.0845. The molecule has 0 aliphatic heterocycles. The number of carbonyl (C=O) groups excluding carboxylic acids is 1. The third-order valence-electron chi connectivity index (χ3n) is 3.19. The molecule has 0 radical (unpaired) electrons. The Balaban J connectivity index is 2.04. The molecule has 0 aliphatic rings. The van der Waals surface area contributed by atoms with Gasteiger partial charge in [-0.05, 0) is 24.6 Å². The van der Waals surface area contributed by atoms with Crippen molar-refractivity contribution in [1.29, 1.82) is 0 Å². The van der Waals surface area contributed by atoms with Crippen molar-refractivity contribution >= 4 is 11.5 Å². The number of halogens is 1. The van der Waals surface area contributed by atoms with Gasteiger partial charge in [-0.2, -0.15) is 0 Å². The summed E-state index contributed by atoms with van der Waals surface area (Å²) in [7, 11) is 0. The average Bonchev–Trinajstić information content (AvgIpc) is 2.46. The van der Waals surface area contributed by atoms with Crippen LogP contribution in [0.4, 0.5) is 10.1 Å². The van der Waals surface area contributed by atoms with Gasteiger partial charge in [-0.3, -0.25) is 4.79 Å². The van der Waals surface area contributed by atoms with Crippen LogP contribution in [-0.2, 0) is 11.2 Å². The van der Waals surface area contributed by atoms with Crippen molar-refractivity contribution in [1.82, 2.24) is 0 Å². The molecule has 0 N–H and O–H groups in total. The van der Waals surface area contributed by atoms with Crippen LogP contribution in [0.1, 0.15) is 12.5 Å². The number of likely N-dealkylation sites (N-methyl/N-ethyl adjacent to an activating group) is 1. The van der Waals surface area contributed by atoms with Gasteiger partial charge in [0.1, 0.15) is 5.82 Å². The second-order valence-corrected chi connectivity index (χ2v) is 4.67. The molecule has 2 aromatic rings. The van der Waals surface area contributed by atoms with Gasteiger partial charge in [-0.15, -0.1) is 0 Å². The first-order chi connectivity index (χ1) is 9.70. The molecule has 3 heteroatoms. The molecule has 0 heterocycles. The highest BCUT2D eigenvalue weighted by molar-refractivity contribution is 5.85. The van der Waals surface area contributed by atoms with Crippen molar-refractivity contribution in [3.05, 3.63) is 66.0 Å². The smallest absolute Gasteiger partial charge is 0.156 e. The van der Waals surface area contributed by atoms with Crippen LogP contribution in [0.5, 0.6) is 0 Å². The number of benzene rings is 2. The van der Waals surface area contributed by atoms with Crippen molar-refractivity contribution in [2.75, 3.05) is 18.0 Å². The van der Waals surface area contributed by atoms with E-state index in [0.717, 1.165) is 5.56 Å². The van der Waals surface area contributed by atoms with Crippen molar-refractivity contribution in [2.24, 2.45) is 0 Å². The van der Waals surface area contributed by atoms with Gasteiger partial charge in [0.2, 0.25) is 0 Å². The maximum atomic E-state index is 13.8. The fraction of sp³-hybridized carbons (Fsp3) is 0.235. The molecular formula is C17H18FNO. The molecule has 0 atom stereocenters. The van der Waals surface area contributed by atoms with Crippen molar-refractivity contribution in [3.8, 4) is 0 Å². The average molecular weight is 271 g/mol. The third kappa shape index (κ3) is 3.67. The van der Waals surface area contributed by atoms with E-state index in [1.807, 2.05) is 37.3 Å². The SMILES string of the molecule is CCN(CC(=O)Cc1ccccc1)c1ccccc1F. The van der Waals surface area contributed by atoms with Gasteiger partial charge in [-0.1, -0.05) is 42.5 Å². The van der Waals surface area contributed by atoms with Crippen LogP contribution in [0.3, 0.4) is 0 Å². The van der Waals surface area contributed by atoms with Gasteiger partial charge >= 0.3 is 0 Å². The highest BCUT2D eigenvalue weighted by atomic mass is 19.1. The highest BCUT2D eigenvalue weighted by Gasteiger charge is 2.13. The molecule has 20 heavy (non-hydrogen) atoms. The van der Waals surface area contributed by atoms with Gasteiger partial charge in [0.05, 0.1) is 12.2 Å². The number of hydrogen-bond donors (Lipinski definition) is 0. The van der Waals surface area contributed by atoms with Crippen molar-refractivity contribution < 1.29 is 9.18 Å². The number of hydrogen-bond acceptors (Lipinski definition) is 2. The van der Waals surface area contributed by atoms with Crippen LogP contribution in [0, 0.1) is 5.82 Å². The maximum absolute atomic E-state index is 13.8. The highest BCUT2D eigenvalue weighted by Crippen LogP contribution is 2.18. The molecule has 0 unspecified atom stereocenters. The Morgan fingerprint density at radius 1 is 1.05 bits per heavy atom. The first kappa shape index (κ1) is 14.3. The number of para-hydroxylation sites is 1. The Labute approximate surface area is 118 Å². The summed E-state index contributed by atoms with van der Waals surface area (Å²) in [6, 6.07) is 16.2. The monoisotopic (exact) mass is 271 g/mol. The summed E-state index contributed by atoms with van der Waals surface area (Å²) >= 11 is 0. The van der Waals surface area contributed by atoms with Gasteiger partial charge in [0, 0.05) is 13.0 Å². The Morgan fingerprint density at radius 3 is 2.35 bits per heavy atom. The molecule has 0 fully saturated rings. The molecule has 2 rings (SSSR count). The van der Waals surface area contributed by atoms with Crippen LogP contribution in [0.25, 0.3) is 0 Å². The first-order valence-corrected chi connectivity index (χ1v) is 6.75. The number of carbonyl (C=O) groups is 1. The topological polar surface area (TPSA) is 20.3 Å². The van der Waals surface area contributed by atoms with E-state index in [1.54, 1.807) is 23.1 Å². The summed E-state index contributed by atoms with van der Waals surface area (Å²) in [6.45, 7) is 2.75. The Hall–Kier alpha value is -2.16. The van der Waals surface area contributed by atoms with Gasteiger partial charge in [-0.25, -0.2) is 4.39 Å². The van der Waals surface area contributed by atoms with Crippen molar-refractivity contribution in [2.45, 2.75) is 13.3 Å². The van der Waals surface area contributed by atoms with E-state index in [0.29, 0.717) is 18.7 Å². The van der Waals surface area contributed by atoms with Gasteiger partial charge < -0.3 is 4.90 Å². The molecule has 2 aromatic carbocycles. The van der Waals surface area contributed by atoms with E-state index in [4.69, 9.17) is 0 Å². The zero-order valence-electron chi connectivity index (χ0n) is 11.6. The minimum atomic E-state index is -0.290. The van der Waals surface area contributed by atoms with Crippen LogP contribution in [0.2, 0.25) is 0 Å². The largest absolute Gasteiger partial charge is 0.362 e. The quantitative estimate of drug-likeness (QED) is 0.802. The Bertz CT molecular complexity index is 568. The molecule has 0 saturated carbocycles. The lowest BCUT2D eigenvalue weighted by Crippen LogP contribution is -2.31. The fourth-order valence-electron chi connectivity index (χ4n) is 2.17. The molecule has 0 amide bonds. The summed E-state index contributed by atoms with van der Waals surface area (Å²) in [4.78, 5) is 13.9. The standard InChI is InChI=1S/C17H18FNO/c1-2-19(17-11-7-6-10-16(17)18)13-15(20)12-14-8-4-3-5-9-14/h3-11H,2,12-13H2,1H3. The van der Waals surface area contributed by atoms with Crippen LogP contribution < -0.4 is 4.90 Å². The predicted molar refractivity (Wildman–Crippen MR) is 79.4 cm³/mol. The van der Waals surface area contributed by atoms with Gasteiger partial charge in [0.15, 0.2) is 5.78 Å². The first-order valence-electron chi connectivity index (χ1n) is 6.75. The van der Waals surface area contributed by atoms with E-state index >= 15 is 0 Å². The number of rotatable bonds is 6. The third-order valence-corrected chi connectivity index (χ3v) is 3.19. The second-order valence-electron chi connectivity index (χ2n) is 4.67. The molecule has 0 saturated heterocycles.